The molecular weight excluding hydrogens is 260 g/mol. The van der Waals surface area contributed by atoms with Gasteiger partial charge in [0, 0.05) is 24.7 Å². The number of piperidine rings is 1. The first-order chi connectivity index (χ1) is 8.47. The van der Waals surface area contributed by atoms with Crippen LogP contribution >= 0.6 is 11.6 Å². The maximum atomic E-state index is 13.1. The summed E-state index contributed by atoms with van der Waals surface area (Å²) in [5.74, 6) is -1.51. The molecule has 1 aromatic rings. The molecule has 98 valence electrons. The highest BCUT2D eigenvalue weighted by atomic mass is 35.5. The van der Waals surface area contributed by atoms with Crippen molar-refractivity contribution in [3.8, 4) is 0 Å². The lowest BCUT2D eigenvalue weighted by atomic mass is 9.98. The second kappa shape index (κ2) is 5.22. The van der Waals surface area contributed by atoms with E-state index >= 15 is 0 Å². The summed E-state index contributed by atoms with van der Waals surface area (Å²) in [4.78, 5) is 13.6. The maximum absolute atomic E-state index is 13.1. The predicted octanol–water partition coefficient (Wildman–Crippen LogP) is 3.05. The maximum Gasteiger partial charge on any atom is 0.254 e. The summed E-state index contributed by atoms with van der Waals surface area (Å²) in [6, 6.07) is 2.85. The molecule has 0 aromatic heterocycles. The van der Waals surface area contributed by atoms with Crippen LogP contribution in [0.5, 0.6) is 0 Å². The fraction of sp³-hybridized carbons (Fsp3) is 0.462. The first-order valence-electron chi connectivity index (χ1n) is 5.87. The summed E-state index contributed by atoms with van der Waals surface area (Å²) in [6.07, 6.45) is 0.803. The molecule has 2 atom stereocenters. The summed E-state index contributed by atoms with van der Waals surface area (Å²) in [5, 5.41) is -0.110. The second-order valence-electron chi connectivity index (χ2n) is 4.69. The third kappa shape index (κ3) is 2.80. The molecule has 0 aliphatic carbocycles. The predicted molar refractivity (Wildman–Crippen MR) is 65.7 cm³/mol. The minimum Gasteiger partial charge on any atom is -0.337 e. The van der Waals surface area contributed by atoms with Gasteiger partial charge in [0.2, 0.25) is 0 Å². The third-order valence-corrected chi connectivity index (χ3v) is 3.83. The van der Waals surface area contributed by atoms with Gasteiger partial charge in [0.1, 0.15) is 11.6 Å². The van der Waals surface area contributed by atoms with E-state index in [0.717, 1.165) is 24.6 Å². The molecule has 2 nitrogen and oxygen atoms in total. The van der Waals surface area contributed by atoms with E-state index < -0.39 is 11.6 Å². The van der Waals surface area contributed by atoms with Crippen molar-refractivity contribution in [2.24, 2.45) is 5.92 Å². The number of hydrogen-bond acceptors (Lipinski definition) is 1. The Morgan fingerprint density at radius 3 is 2.50 bits per heavy atom. The minimum absolute atomic E-state index is 0.0333. The van der Waals surface area contributed by atoms with Crippen LogP contribution in [0.25, 0.3) is 0 Å². The Morgan fingerprint density at radius 2 is 1.94 bits per heavy atom. The largest absolute Gasteiger partial charge is 0.337 e. The monoisotopic (exact) mass is 273 g/mol. The molecule has 5 heteroatoms. The molecule has 1 amide bonds. The van der Waals surface area contributed by atoms with E-state index in [0.29, 0.717) is 19.0 Å². The van der Waals surface area contributed by atoms with E-state index in [-0.39, 0.29) is 16.8 Å². The van der Waals surface area contributed by atoms with Crippen LogP contribution in [-0.2, 0) is 0 Å². The van der Waals surface area contributed by atoms with Crippen molar-refractivity contribution in [2.75, 3.05) is 13.1 Å². The lowest BCUT2D eigenvalue weighted by Crippen LogP contribution is -2.43. The van der Waals surface area contributed by atoms with Crippen LogP contribution in [0.2, 0.25) is 0 Å². The van der Waals surface area contributed by atoms with Crippen LogP contribution in [-0.4, -0.2) is 29.3 Å². The van der Waals surface area contributed by atoms with Gasteiger partial charge in [-0.05, 0) is 24.5 Å². The fourth-order valence-electron chi connectivity index (χ4n) is 2.07. The molecule has 0 bridgehead atoms. The Labute approximate surface area is 110 Å². The average Bonchev–Trinajstić information content (AvgIpc) is 2.30. The molecule has 1 heterocycles. The van der Waals surface area contributed by atoms with Crippen molar-refractivity contribution in [1.82, 2.24) is 4.90 Å². The molecule has 2 unspecified atom stereocenters. The van der Waals surface area contributed by atoms with Gasteiger partial charge in [0.15, 0.2) is 0 Å². The Morgan fingerprint density at radius 1 is 1.33 bits per heavy atom. The van der Waals surface area contributed by atoms with Crippen molar-refractivity contribution in [3.63, 3.8) is 0 Å². The first kappa shape index (κ1) is 13.3. The van der Waals surface area contributed by atoms with Gasteiger partial charge in [0.25, 0.3) is 5.91 Å². The van der Waals surface area contributed by atoms with Gasteiger partial charge >= 0.3 is 0 Å². The van der Waals surface area contributed by atoms with E-state index in [9.17, 15) is 13.6 Å². The lowest BCUT2D eigenvalue weighted by molar-refractivity contribution is 0.0700. The van der Waals surface area contributed by atoms with Crippen LogP contribution in [0.4, 0.5) is 8.78 Å². The number of likely N-dealkylation sites (tertiary alicyclic amines) is 1. The van der Waals surface area contributed by atoms with E-state index in [1.165, 1.54) is 0 Å². The number of benzene rings is 1. The van der Waals surface area contributed by atoms with E-state index in [4.69, 9.17) is 11.6 Å². The number of alkyl halides is 1. The number of carbonyl (C=O) groups excluding carboxylic acids is 1. The average molecular weight is 274 g/mol. The highest BCUT2D eigenvalue weighted by Crippen LogP contribution is 2.23. The molecule has 1 fully saturated rings. The molecule has 0 spiro atoms. The van der Waals surface area contributed by atoms with Gasteiger partial charge in [-0.3, -0.25) is 4.79 Å². The summed E-state index contributed by atoms with van der Waals surface area (Å²) in [5.41, 5.74) is 0.0333. The molecule has 18 heavy (non-hydrogen) atoms. The van der Waals surface area contributed by atoms with Crippen LogP contribution in [0.3, 0.4) is 0 Å². The smallest absolute Gasteiger partial charge is 0.254 e. The van der Waals surface area contributed by atoms with Gasteiger partial charge in [0.05, 0.1) is 5.38 Å². The fourth-order valence-corrected chi connectivity index (χ4v) is 2.36. The highest BCUT2D eigenvalue weighted by molar-refractivity contribution is 6.21. The Bertz CT molecular complexity index is 446. The Kier molecular flexibility index (Phi) is 3.85. The number of nitrogens with zero attached hydrogens (tertiary/aromatic N) is 1. The quantitative estimate of drug-likeness (QED) is 0.720. The van der Waals surface area contributed by atoms with Gasteiger partial charge in [-0.2, -0.15) is 0 Å². The zero-order chi connectivity index (χ0) is 13.3. The number of halogens is 3. The van der Waals surface area contributed by atoms with Crippen molar-refractivity contribution in [3.05, 3.63) is 35.4 Å². The minimum atomic E-state index is -0.744. The Balaban J connectivity index is 2.16. The van der Waals surface area contributed by atoms with E-state index in [2.05, 4.69) is 0 Å². The van der Waals surface area contributed by atoms with Crippen LogP contribution in [0, 0.1) is 17.6 Å². The molecule has 0 radical (unpaired) electrons. The van der Waals surface area contributed by atoms with Crippen LogP contribution < -0.4 is 0 Å². The number of hydrogen-bond donors (Lipinski definition) is 0. The molecule has 0 N–H and O–H groups in total. The summed E-state index contributed by atoms with van der Waals surface area (Å²) in [6.45, 7) is 3.02. The SMILES string of the molecule is CC1CCN(C(=O)c2cc(F)cc(F)c2)CC1Cl. The van der Waals surface area contributed by atoms with Crippen molar-refractivity contribution >= 4 is 17.5 Å². The standard InChI is InChI=1S/C13H14ClF2NO/c1-8-2-3-17(7-12(8)14)13(18)9-4-10(15)6-11(16)5-9/h4-6,8,12H,2-3,7H2,1H3. The van der Waals surface area contributed by atoms with Crippen LogP contribution in [0.1, 0.15) is 23.7 Å². The zero-order valence-electron chi connectivity index (χ0n) is 10.00. The van der Waals surface area contributed by atoms with Crippen molar-refractivity contribution in [1.29, 1.82) is 0 Å². The molecule has 1 saturated heterocycles. The number of amides is 1. The van der Waals surface area contributed by atoms with Crippen molar-refractivity contribution < 1.29 is 13.6 Å². The van der Waals surface area contributed by atoms with Gasteiger partial charge in [-0.15, -0.1) is 11.6 Å². The molecule has 2 rings (SSSR count). The summed E-state index contributed by atoms with van der Waals surface area (Å²) < 4.78 is 26.1. The first-order valence-corrected chi connectivity index (χ1v) is 6.30. The summed E-state index contributed by atoms with van der Waals surface area (Å²) >= 11 is 6.11. The highest BCUT2D eigenvalue weighted by Gasteiger charge is 2.28. The molecule has 1 aliphatic heterocycles. The van der Waals surface area contributed by atoms with Crippen molar-refractivity contribution in [2.45, 2.75) is 18.7 Å². The molecular formula is C13H14ClF2NO. The molecule has 1 aromatic carbocycles. The van der Waals surface area contributed by atoms with Gasteiger partial charge in [-0.25, -0.2) is 8.78 Å². The Hall–Kier alpha value is -1.16. The van der Waals surface area contributed by atoms with Gasteiger partial charge < -0.3 is 4.90 Å². The third-order valence-electron chi connectivity index (χ3n) is 3.26. The normalized spacial score (nSPS) is 24.1. The number of rotatable bonds is 1. The summed E-state index contributed by atoms with van der Waals surface area (Å²) in [7, 11) is 0. The number of carbonyl (C=O) groups is 1. The second-order valence-corrected chi connectivity index (χ2v) is 5.25. The van der Waals surface area contributed by atoms with E-state index in [1.807, 2.05) is 6.92 Å². The van der Waals surface area contributed by atoms with Crippen LogP contribution in [0.15, 0.2) is 18.2 Å². The van der Waals surface area contributed by atoms with Gasteiger partial charge in [-0.1, -0.05) is 6.92 Å². The van der Waals surface area contributed by atoms with E-state index in [1.54, 1.807) is 4.90 Å². The zero-order valence-corrected chi connectivity index (χ0v) is 10.8. The topological polar surface area (TPSA) is 20.3 Å². The lowest BCUT2D eigenvalue weighted by Gasteiger charge is -2.34. The molecule has 1 aliphatic rings. The molecule has 0 saturated carbocycles.